The lowest BCUT2D eigenvalue weighted by Gasteiger charge is -2.26. The molecule has 0 saturated carbocycles. The summed E-state index contributed by atoms with van der Waals surface area (Å²) in [6.45, 7) is 2.75. The number of rotatable bonds is 2. The highest BCUT2D eigenvalue weighted by Crippen LogP contribution is 2.26. The summed E-state index contributed by atoms with van der Waals surface area (Å²) < 4.78 is 7.29. The summed E-state index contributed by atoms with van der Waals surface area (Å²) in [6, 6.07) is 0. The Bertz CT molecular complexity index is 504. The van der Waals surface area contributed by atoms with Gasteiger partial charge in [0.15, 0.2) is 11.7 Å². The van der Waals surface area contributed by atoms with Crippen molar-refractivity contribution in [3.8, 4) is 0 Å². The molecule has 1 N–H and O–H groups in total. The maximum atomic E-state index is 8.20. The van der Waals surface area contributed by atoms with Crippen LogP contribution < -0.4 is 10.4 Å². The van der Waals surface area contributed by atoms with E-state index in [1.807, 2.05) is 0 Å². The molecule has 1 aromatic rings. The van der Waals surface area contributed by atoms with Gasteiger partial charge in [0, 0.05) is 19.7 Å². The van der Waals surface area contributed by atoms with Crippen molar-refractivity contribution in [1.29, 1.82) is 5.41 Å². The molecule has 0 radical (unpaired) electrons. The maximum absolute atomic E-state index is 8.20. The SMILES string of the molecule is N=c1c(Cl)c(N2CCCC2)cnn1C1CCCCO1. The summed E-state index contributed by atoms with van der Waals surface area (Å²) in [4.78, 5) is 2.21. The zero-order valence-corrected chi connectivity index (χ0v) is 11.7. The smallest absolute Gasteiger partial charge is 0.165 e. The number of halogens is 1. The summed E-state index contributed by atoms with van der Waals surface area (Å²) >= 11 is 6.35. The average molecular weight is 283 g/mol. The third-order valence-corrected chi connectivity index (χ3v) is 4.21. The predicted molar refractivity (Wildman–Crippen MR) is 73.4 cm³/mol. The number of nitrogens with zero attached hydrogens (tertiary/aromatic N) is 3. The first-order valence-corrected chi connectivity index (χ1v) is 7.33. The lowest BCUT2D eigenvalue weighted by Crippen LogP contribution is -2.33. The van der Waals surface area contributed by atoms with E-state index in [1.165, 1.54) is 12.8 Å². The Hall–Kier alpha value is -1.07. The molecule has 2 saturated heterocycles. The minimum absolute atomic E-state index is 0.133. The van der Waals surface area contributed by atoms with E-state index in [9.17, 15) is 0 Å². The third kappa shape index (κ3) is 2.49. The molecule has 1 unspecified atom stereocenters. The molecule has 0 bridgehead atoms. The van der Waals surface area contributed by atoms with Crippen LogP contribution in [-0.4, -0.2) is 29.5 Å². The molecule has 5 nitrogen and oxygen atoms in total. The molecule has 0 aliphatic carbocycles. The minimum atomic E-state index is -0.133. The van der Waals surface area contributed by atoms with Gasteiger partial charge in [0.05, 0.1) is 11.9 Å². The predicted octanol–water partition coefficient (Wildman–Crippen LogP) is 2.32. The van der Waals surface area contributed by atoms with E-state index in [0.29, 0.717) is 5.02 Å². The summed E-state index contributed by atoms with van der Waals surface area (Å²) in [7, 11) is 0. The number of nitrogens with one attached hydrogen (secondary N) is 1. The largest absolute Gasteiger partial charge is 0.369 e. The van der Waals surface area contributed by atoms with Gasteiger partial charge in [-0.05, 0) is 32.1 Å². The molecule has 2 aliphatic heterocycles. The van der Waals surface area contributed by atoms with Gasteiger partial charge < -0.3 is 9.64 Å². The van der Waals surface area contributed by atoms with Crippen LogP contribution in [0.4, 0.5) is 5.69 Å². The van der Waals surface area contributed by atoms with Crippen molar-refractivity contribution in [2.75, 3.05) is 24.6 Å². The molecule has 1 atom stereocenters. The van der Waals surface area contributed by atoms with Crippen LogP contribution in [0.1, 0.15) is 38.3 Å². The van der Waals surface area contributed by atoms with Crippen LogP contribution >= 0.6 is 11.6 Å². The highest BCUT2D eigenvalue weighted by atomic mass is 35.5. The first-order chi connectivity index (χ1) is 9.27. The number of aromatic nitrogens is 2. The van der Waals surface area contributed by atoms with Crippen molar-refractivity contribution >= 4 is 17.3 Å². The second kappa shape index (κ2) is 5.51. The number of ether oxygens (including phenoxy) is 1. The van der Waals surface area contributed by atoms with E-state index >= 15 is 0 Å². The lowest BCUT2D eigenvalue weighted by atomic mass is 10.2. The molecule has 3 rings (SSSR count). The molecule has 2 aliphatic rings. The fraction of sp³-hybridized carbons (Fsp3) is 0.692. The van der Waals surface area contributed by atoms with Gasteiger partial charge in [-0.2, -0.15) is 5.10 Å². The molecule has 0 amide bonds. The number of hydrogen-bond donors (Lipinski definition) is 1. The quantitative estimate of drug-likeness (QED) is 0.906. The topological polar surface area (TPSA) is 54.1 Å². The van der Waals surface area contributed by atoms with Crippen LogP contribution in [0, 0.1) is 5.41 Å². The summed E-state index contributed by atoms with van der Waals surface area (Å²) in [5.41, 5.74) is 1.15. The Morgan fingerprint density at radius 1 is 1.26 bits per heavy atom. The number of hydrogen-bond acceptors (Lipinski definition) is 4. The van der Waals surface area contributed by atoms with Crippen molar-refractivity contribution in [2.45, 2.75) is 38.3 Å². The summed E-state index contributed by atoms with van der Waals surface area (Å²) in [5, 5.41) is 13.1. The van der Waals surface area contributed by atoms with Gasteiger partial charge in [-0.25, -0.2) is 4.68 Å². The molecular formula is C13H19ClN4O. The Balaban J connectivity index is 1.91. The first kappa shape index (κ1) is 12.9. The minimum Gasteiger partial charge on any atom is -0.369 e. The zero-order chi connectivity index (χ0) is 13.2. The normalized spacial score (nSPS) is 23.8. The Morgan fingerprint density at radius 2 is 2.05 bits per heavy atom. The molecule has 2 fully saturated rings. The highest BCUT2D eigenvalue weighted by molar-refractivity contribution is 6.32. The lowest BCUT2D eigenvalue weighted by molar-refractivity contribution is -0.0432. The molecule has 104 valence electrons. The van der Waals surface area contributed by atoms with Gasteiger partial charge in [-0.1, -0.05) is 11.6 Å². The van der Waals surface area contributed by atoms with Gasteiger partial charge >= 0.3 is 0 Å². The molecule has 1 aromatic heterocycles. The van der Waals surface area contributed by atoms with E-state index in [1.54, 1.807) is 10.9 Å². The van der Waals surface area contributed by atoms with Crippen LogP contribution in [0.25, 0.3) is 0 Å². The van der Waals surface area contributed by atoms with Crippen molar-refractivity contribution in [2.24, 2.45) is 0 Å². The van der Waals surface area contributed by atoms with Crippen LogP contribution in [-0.2, 0) is 4.74 Å². The maximum Gasteiger partial charge on any atom is 0.165 e. The van der Waals surface area contributed by atoms with E-state index in [0.717, 1.165) is 44.6 Å². The molecule has 0 aromatic carbocycles. The summed E-state index contributed by atoms with van der Waals surface area (Å²) in [6.07, 6.45) is 7.13. The van der Waals surface area contributed by atoms with Crippen molar-refractivity contribution in [1.82, 2.24) is 9.78 Å². The van der Waals surface area contributed by atoms with Crippen molar-refractivity contribution in [3.63, 3.8) is 0 Å². The Labute approximate surface area is 117 Å². The van der Waals surface area contributed by atoms with E-state index in [2.05, 4.69) is 10.00 Å². The molecule has 0 spiro atoms. The van der Waals surface area contributed by atoms with Crippen LogP contribution in [0.3, 0.4) is 0 Å². The van der Waals surface area contributed by atoms with Crippen LogP contribution in [0.5, 0.6) is 0 Å². The zero-order valence-electron chi connectivity index (χ0n) is 10.9. The molecule has 3 heterocycles. The monoisotopic (exact) mass is 282 g/mol. The highest BCUT2D eigenvalue weighted by Gasteiger charge is 2.21. The van der Waals surface area contributed by atoms with Gasteiger partial charge in [0.1, 0.15) is 5.02 Å². The Morgan fingerprint density at radius 3 is 2.74 bits per heavy atom. The average Bonchev–Trinajstić information content (AvgIpc) is 2.97. The van der Waals surface area contributed by atoms with Gasteiger partial charge in [0.2, 0.25) is 0 Å². The van der Waals surface area contributed by atoms with Crippen LogP contribution in [0.2, 0.25) is 5.02 Å². The standard InChI is InChI=1S/C13H19ClN4O/c14-12-10(17-6-2-3-7-17)9-16-18(13(12)15)11-5-1-4-8-19-11/h9,11,15H,1-8H2. The second-order valence-corrected chi connectivity index (χ2v) is 5.53. The van der Waals surface area contributed by atoms with Crippen LogP contribution in [0.15, 0.2) is 6.20 Å². The second-order valence-electron chi connectivity index (χ2n) is 5.15. The van der Waals surface area contributed by atoms with Gasteiger partial charge in [0.25, 0.3) is 0 Å². The Kier molecular flexibility index (Phi) is 3.75. The van der Waals surface area contributed by atoms with Gasteiger partial charge in [-0.15, -0.1) is 0 Å². The fourth-order valence-corrected chi connectivity index (χ4v) is 3.02. The van der Waals surface area contributed by atoms with E-state index in [-0.39, 0.29) is 11.7 Å². The first-order valence-electron chi connectivity index (χ1n) is 6.96. The van der Waals surface area contributed by atoms with Crippen molar-refractivity contribution < 1.29 is 4.74 Å². The molecular weight excluding hydrogens is 264 g/mol. The molecule has 6 heteroatoms. The number of anilines is 1. The molecule has 19 heavy (non-hydrogen) atoms. The van der Waals surface area contributed by atoms with E-state index < -0.39 is 0 Å². The van der Waals surface area contributed by atoms with E-state index in [4.69, 9.17) is 21.7 Å². The third-order valence-electron chi connectivity index (χ3n) is 3.84. The fourth-order valence-electron chi connectivity index (χ4n) is 2.77. The van der Waals surface area contributed by atoms with Gasteiger partial charge in [-0.3, -0.25) is 5.41 Å². The summed E-state index contributed by atoms with van der Waals surface area (Å²) in [5.74, 6) is 0. The van der Waals surface area contributed by atoms with Crippen molar-refractivity contribution in [3.05, 3.63) is 16.7 Å².